The number of benzene rings is 1. The first-order chi connectivity index (χ1) is 11.8. The molecule has 8 nitrogen and oxygen atoms in total. The molecule has 0 spiro atoms. The Morgan fingerprint density at radius 2 is 1.84 bits per heavy atom. The molecule has 2 rings (SSSR count). The molecule has 2 aromatic rings. The smallest absolute Gasteiger partial charge is 0.240 e. The van der Waals surface area contributed by atoms with Crippen molar-refractivity contribution in [1.29, 1.82) is 5.26 Å². The monoisotopic (exact) mass is 360 g/mol. The molecule has 0 aliphatic heterocycles. The average Bonchev–Trinajstić information content (AvgIpc) is 2.58. The number of aryl methyl sites for hydroxylation is 1. The fourth-order valence-corrected chi connectivity index (χ4v) is 3.07. The Morgan fingerprint density at radius 3 is 2.44 bits per heavy atom. The minimum Gasteiger partial charge on any atom is -0.369 e. The molecule has 0 aliphatic rings. The number of sulfonamides is 1. The standard InChI is InChI=1S/C16H20N6O2S/c1-12-20-15(10-16(21-12)22(2)3)18-8-9-19-25(23,24)14-6-4-13(11-17)5-7-14/h4-7,10,19H,8-9H2,1-3H3,(H,18,20,21). The summed E-state index contributed by atoms with van der Waals surface area (Å²) in [5, 5.41) is 11.8. The van der Waals surface area contributed by atoms with Crippen LogP contribution in [-0.2, 0) is 10.0 Å². The second-order valence-electron chi connectivity index (χ2n) is 5.51. The Labute approximate surface area is 147 Å². The first kappa shape index (κ1) is 18.6. The maximum atomic E-state index is 12.2. The van der Waals surface area contributed by atoms with E-state index in [1.54, 1.807) is 13.0 Å². The molecule has 0 atom stereocenters. The summed E-state index contributed by atoms with van der Waals surface area (Å²) in [5.41, 5.74) is 0.413. The van der Waals surface area contributed by atoms with Crippen LogP contribution in [0.5, 0.6) is 0 Å². The number of nitrogens with zero attached hydrogens (tertiary/aromatic N) is 4. The van der Waals surface area contributed by atoms with E-state index in [1.807, 2.05) is 25.1 Å². The van der Waals surface area contributed by atoms with Gasteiger partial charge in [0.1, 0.15) is 17.5 Å². The lowest BCUT2D eigenvalue weighted by Crippen LogP contribution is -2.29. The van der Waals surface area contributed by atoms with E-state index < -0.39 is 10.0 Å². The van der Waals surface area contributed by atoms with Gasteiger partial charge in [-0.25, -0.2) is 23.1 Å². The van der Waals surface area contributed by atoms with Crippen LogP contribution in [0.4, 0.5) is 11.6 Å². The fourth-order valence-electron chi connectivity index (χ4n) is 2.04. The molecular weight excluding hydrogens is 340 g/mol. The molecule has 9 heteroatoms. The summed E-state index contributed by atoms with van der Waals surface area (Å²) in [6, 6.07) is 9.51. The molecule has 25 heavy (non-hydrogen) atoms. The zero-order valence-corrected chi connectivity index (χ0v) is 15.1. The molecule has 0 amide bonds. The third-order valence-electron chi connectivity index (χ3n) is 3.30. The van der Waals surface area contributed by atoms with Crippen LogP contribution >= 0.6 is 0 Å². The van der Waals surface area contributed by atoms with Gasteiger partial charge in [0.2, 0.25) is 10.0 Å². The lowest BCUT2D eigenvalue weighted by molar-refractivity contribution is 0.583. The molecule has 0 radical (unpaired) electrons. The van der Waals surface area contributed by atoms with E-state index in [2.05, 4.69) is 20.0 Å². The van der Waals surface area contributed by atoms with Gasteiger partial charge >= 0.3 is 0 Å². The van der Waals surface area contributed by atoms with Crippen LogP contribution in [-0.4, -0.2) is 45.6 Å². The minimum absolute atomic E-state index is 0.124. The summed E-state index contributed by atoms with van der Waals surface area (Å²) in [5.74, 6) is 2.04. The van der Waals surface area contributed by atoms with E-state index >= 15 is 0 Å². The van der Waals surface area contributed by atoms with Gasteiger partial charge in [-0.1, -0.05) is 0 Å². The molecule has 0 saturated heterocycles. The molecule has 0 bridgehead atoms. The Balaban J connectivity index is 1.93. The molecule has 1 aromatic carbocycles. The van der Waals surface area contributed by atoms with Gasteiger partial charge in [-0.2, -0.15) is 5.26 Å². The van der Waals surface area contributed by atoms with Gasteiger partial charge in [0, 0.05) is 33.3 Å². The van der Waals surface area contributed by atoms with Crippen molar-refractivity contribution in [2.75, 3.05) is 37.4 Å². The molecule has 0 fully saturated rings. The zero-order chi connectivity index (χ0) is 18.4. The number of anilines is 2. The maximum absolute atomic E-state index is 12.2. The van der Waals surface area contributed by atoms with Gasteiger partial charge in [0.05, 0.1) is 16.5 Å². The molecule has 0 aliphatic carbocycles. The van der Waals surface area contributed by atoms with Gasteiger partial charge < -0.3 is 10.2 Å². The molecule has 0 saturated carbocycles. The number of hydrogen-bond acceptors (Lipinski definition) is 7. The van der Waals surface area contributed by atoms with Gasteiger partial charge in [0.15, 0.2) is 0 Å². The lowest BCUT2D eigenvalue weighted by atomic mass is 10.2. The Kier molecular flexibility index (Phi) is 5.90. The van der Waals surface area contributed by atoms with E-state index in [0.29, 0.717) is 23.8 Å². The molecule has 1 aromatic heterocycles. The SMILES string of the molecule is Cc1nc(NCCNS(=O)(=O)c2ccc(C#N)cc2)cc(N(C)C)n1. The summed E-state index contributed by atoms with van der Waals surface area (Å²) in [6.07, 6.45) is 0. The molecule has 1 heterocycles. The molecular formula is C16H20N6O2S. The molecule has 132 valence electrons. The highest BCUT2D eigenvalue weighted by Gasteiger charge is 2.13. The highest BCUT2D eigenvalue weighted by Crippen LogP contribution is 2.13. The number of hydrogen-bond donors (Lipinski definition) is 2. The van der Waals surface area contributed by atoms with Crippen LogP contribution < -0.4 is 14.9 Å². The zero-order valence-electron chi connectivity index (χ0n) is 14.3. The minimum atomic E-state index is -3.61. The van der Waals surface area contributed by atoms with Crippen LogP contribution in [0.1, 0.15) is 11.4 Å². The van der Waals surface area contributed by atoms with Gasteiger partial charge in [0.25, 0.3) is 0 Å². The van der Waals surface area contributed by atoms with E-state index in [9.17, 15) is 8.42 Å². The molecule has 0 unspecified atom stereocenters. The third-order valence-corrected chi connectivity index (χ3v) is 4.78. The Bertz CT molecular complexity index is 872. The Morgan fingerprint density at radius 1 is 1.16 bits per heavy atom. The largest absolute Gasteiger partial charge is 0.369 e. The third kappa shape index (κ3) is 5.14. The van der Waals surface area contributed by atoms with Crippen molar-refractivity contribution >= 4 is 21.7 Å². The van der Waals surface area contributed by atoms with Crippen LogP contribution in [0.25, 0.3) is 0 Å². The van der Waals surface area contributed by atoms with E-state index in [1.165, 1.54) is 24.3 Å². The second-order valence-corrected chi connectivity index (χ2v) is 7.28. The van der Waals surface area contributed by atoms with Crippen molar-refractivity contribution in [2.45, 2.75) is 11.8 Å². The first-order valence-corrected chi connectivity index (χ1v) is 9.07. The van der Waals surface area contributed by atoms with E-state index in [4.69, 9.17) is 5.26 Å². The van der Waals surface area contributed by atoms with Crippen LogP contribution in [0.2, 0.25) is 0 Å². The predicted molar refractivity (Wildman–Crippen MR) is 95.9 cm³/mol. The second kappa shape index (κ2) is 7.92. The molecule has 2 N–H and O–H groups in total. The quantitative estimate of drug-likeness (QED) is 0.712. The van der Waals surface area contributed by atoms with Gasteiger partial charge in [-0.05, 0) is 31.2 Å². The fraction of sp³-hybridized carbons (Fsp3) is 0.312. The van der Waals surface area contributed by atoms with Crippen molar-refractivity contribution in [1.82, 2.24) is 14.7 Å². The van der Waals surface area contributed by atoms with Crippen molar-refractivity contribution in [3.63, 3.8) is 0 Å². The first-order valence-electron chi connectivity index (χ1n) is 7.58. The van der Waals surface area contributed by atoms with E-state index in [0.717, 1.165) is 5.82 Å². The van der Waals surface area contributed by atoms with Crippen molar-refractivity contribution in [3.8, 4) is 6.07 Å². The van der Waals surface area contributed by atoms with Crippen LogP contribution in [0.15, 0.2) is 35.2 Å². The highest BCUT2D eigenvalue weighted by molar-refractivity contribution is 7.89. The van der Waals surface area contributed by atoms with E-state index in [-0.39, 0.29) is 11.4 Å². The predicted octanol–water partition coefficient (Wildman–Crippen LogP) is 1.11. The highest BCUT2D eigenvalue weighted by atomic mass is 32.2. The topological polar surface area (TPSA) is 111 Å². The number of nitrogens with one attached hydrogen (secondary N) is 2. The summed E-state index contributed by atoms with van der Waals surface area (Å²) >= 11 is 0. The number of rotatable bonds is 7. The summed E-state index contributed by atoms with van der Waals surface area (Å²) in [7, 11) is 0.163. The lowest BCUT2D eigenvalue weighted by Gasteiger charge is -2.14. The van der Waals surface area contributed by atoms with Gasteiger partial charge in [-0.15, -0.1) is 0 Å². The maximum Gasteiger partial charge on any atom is 0.240 e. The number of aromatic nitrogens is 2. The normalized spacial score (nSPS) is 11.0. The van der Waals surface area contributed by atoms with Crippen LogP contribution in [0, 0.1) is 18.3 Å². The van der Waals surface area contributed by atoms with Crippen LogP contribution in [0.3, 0.4) is 0 Å². The average molecular weight is 360 g/mol. The number of nitriles is 1. The summed E-state index contributed by atoms with van der Waals surface area (Å²) in [4.78, 5) is 10.6. The summed E-state index contributed by atoms with van der Waals surface area (Å²) in [6.45, 7) is 2.37. The van der Waals surface area contributed by atoms with Crippen molar-refractivity contribution < 1.29 is 8.42 Å². The van der Waals surface area contributed by atoms with Crippen molar-refractivity contribution in [3.05, 3.63) is 41.7 Å². The Hall–Kier alpha value is -2.70. The van der Waals surface area contributed by atoms with Gasteiger partial charge in [-0.3, -0.25) is 0 Å². The van der Waals surface area contributed by atoms with Crippen molar-refractivity contribution in [2.24, 2.45) is 0 Å². The summed E-state index contributed by atoms with van der Waals surface area (Å²) < 4.78 is 26.9.